The van der Waals surface area contributed by atoms with E-state index in [1.165, 1.54) is 3.57 Å². The van der Waals surface area contributed by atoms with Crippen LogP contribution in [0.2, 0.25) is 0 Å². The molecule has 0 aliphatic carbocycles. The minimum absolute atomic E-state index is 0.103. The minimum Gasteiger partial charge on any atom is -0.392 e. The SMILES string of the molecule is OCC=Cc1cccc(I)c1. The number of rotatable bonds is 2. The Morgan fingerprint density at radius 1 is 1.45 bits per heavy atom. The van der Waals surface area contributed by atoms with Gasteiger partial charge in [0.05, 0.1) is 6.61 Å². The lowest BCUT2D eigenvalue weighted by Gasteiger charge is -1.92. The van der Waals surface area contributed by atoms with E-state index < -0.39 is 0 Å². The van der Waals surface area contributed by atoms with Gasteiger partial charge in [-0.3, -0.25) is 0 Å². The van der Waals surface area contributed by atoms with Gasteiger partial charge in [-0.2, -0.15) is 0 Å². The summed E-state index contributed by atoms with van der Waals surface area (Å²) in [6.07, 6.45) is 3.63. The van der Waals surface area contributed by atoms with Crippen molar-refractivity contribution < 1.29 is 5.11 Å². The van der Waals surface area contributed by atoms with Crippen LogP contribution in [0.25, 0.3) is 6.08 Å². The number of aliphatic hydroxyl groups is 1. The summed E-state index contributed by atoms with van der Waals surface area (Å²) in [4.78, 5) is 0. The molecule has 0 fully saturated rings. The van der Waals surface area contributed by atoms with Crippen molar-refractivity contribution in [2.75, 3.05) is 6.61 Å². The van der Waals surface area contributed by atoms with E-state index >= 15 is 0 Å². The molecule has 0 spiro atoms. The van der Waals surface area contributed by atoms with Gasteiger partial charge in [-0.05, 0) is 40.3 Å². The minimum atomic E-state index is 0.103. The van der Waals surface area contributed by atoms with E-state index in [9.17, 15) is 0 Å². The zero-order valence-corrected chi connectivity index (χ0v) is 8.15. The molecule has 1 aromatic carbocycles. The maximum Gasteiger partial charge on any atom is 0.0615 e. The smallest absolute Gasteiger partial charge is 0.0615 e. The molecular formula is C9H9IO. The molecule has 1 rings (SSSR count). The van der Waals surface area contributed by atoms with Crippen LogP contribution in [0.3, 0.4) is 0 Å². The molecular weight excluding hydrogens is 251 g/mol. The monoisotopic (exact) mass is 260 g/mol. The normalized spacial score (nSPS) is 10.7. The molecule has 0 saturated carbocycles. The van der Waals surface area contributed by atoms with E-state index in [-0.39, 0.29) is 6.61 Å². The summed E-state index contributed by atoms with van der Waals surface area (Å²) in [6, 6.07) is 8.11. The first-order valence-corrected chi connectivity index (χ1v) is 4.44. The van der Waals surface area contributed by atoms with Gasteiger partial charge in [0, 0.05) is 3.57 Å². The van der Waals surface area contributed by atoms with Crippen molar-refractivity contribution in [2.45, 2.75) is 0 Å². The lowest BCUT2D eigenvalue weighted by Crippen LogP contribution is -1.75. The van der Waals surface area contributed by atoms with Gasteiger partial charge in [0.1, 0.15) is 0 Å². The average molecular weight is 260 g/mol. The number of hydrogen-bond acceptors (Lipinski definition) is 1. The fraction of sp³-hybridized carbons (Fsp3) is 0.111. The summed E-state index contributed by atoms with van der Waals surface area (Å²) in [5, 5.41) is 8.51. The second-order valence-electron chi connectivity index (χ2n) is 2.14. The first-order chi connectivity index (χ1) is 5.33. The summed E-state index contributed by atoms with van der Waals surface area (Å²) < 4.78 is 1.21. The second-order valence-corrected chi connectivity index (χ2v) is 3.39. The van der Waals surface area contributed by atoms with Gasteiger partial charge in [0.15, 0.2) is 0 Å². The largest absolute Gasteiger partial charge is 0.392 e. The van der Waals surface area contributed by atoms with E-state index in [0.717, 1.165) is 5.56 Å². The van der Waals surface area contributed by atoms with Crippen molar-refractivity contribution in [3.63, 3.8) is 0 Å². The van der Waals surface area contributed by atoms with Crippen molar-refractivity contribution in [3.05, 3.63) is 39.5 Å². The van der Waals surface area contributed by atoms with Gasteiger partial charge in [0.25, 0.3) is 0 Å². The van der Waals surface area contributed by atoms with Crippen molar-refractivity contribution in [3.8, 4) is 0 Å². The van der Waals surface area contributed by atoms with Gasteiger partial charge < -0.3 is 5.11 Å². The summed E-state index contributed by atoms with van der Waals surface area (Å²) in [6.45, 7) is 0.103. The van der Waals surface area contributed by atoms with Crippen molar-refractivity contribution in [1.29, 1.82) is 0 Å². The third-order valence-electron chi connectivity index (χ3n) is 1.26. The Kier molecular flexibility index (Phi) is 3.59. The number of aliphatic hydroxyl groups excluding tert-OH is 1. The molecule has 1 aromatic rings. The lowest BCUT2D eigenvalue weighted by molar-refractivity contribution is 0.343. The predicted octanol–water partition coefficient (Wildman–Crippen LogP) is 2.30. The van der Waals surface area contributed by atoms with E-state index in [0.29, 0.717) is 0 Å². The Labute approximate surface area is 79.9 Å². The third kappa shape index (κ3) is 3.03. The Bertz CT molecular complexity index is 255. The van der Waals surface area contributed by atoms with Crippen LogP contribution >= 0.6 is 22.6 Å². The molecule has 2 heteroatoms. The molecule has 0 unspecified atom stereocenters. The molecule has 0 aliphatic heterocycles. The fourth-order valence-electron chi connectivity index (χ4n) is 0.799. The Morgan fingerprint density at radius 3 is 2.91 bits per heavy atom. The van der Waals surface area contributed by atoms with E-state index in [1.54, 1.807) is 6.08 Å². The number of hydrogen-bond donors (Lipinski definition) is 1. The van der Waals surface area contributed by atoms with Crippen LogP contribution in [0.15, 0.2) is 30.3 Å². The highest BCUT2D eigenvalue weighted by molar-refractivity contribution is 14.1. The highest BCUT2D eigenvalue weighted by Gasteiger charge is 1.86. The molecule has 58 valence electrons. The predicted molar refractivity (Wildman–Crippen MR) is 55.3 cm³/mol. The molecule has 1 N–H and O–H groups in total. The number of benzene rings is 1. The lowest BCUT2D eigenvalue weighted by atomic mass is 10.2. The topological polar surface area (TPSA) is 20.2 Å². The Balaban J connectivity index is 2.79. The van der Waals surface area contributed by atoms with Gasteiger partial charge in [-0.15, -0.1) is 0 Å². The average Bonchev–Trinajstić information content (AvgIpc) is 2.01. The summed E-state index contributed by atoms with van der Waals surface area (Å²) in [7, 11) is 0. The van der Waals surface area contributed by atoms with Gasteiger partial charge in [-0.25, -0.2) is 0 Å². The first kappa shape index (κ1) is 8.74. The zero-order valence-electron chi connectivity index (χ0n) is 6.00. The van der Waals surface area contributed by atoms with Gasteiger partial charge in [0.2, 0.25) is 0 Å². The molecule has 11 heavy (non-hydrogen) atoms. The molecule has 0 aromatic heterocycles. The van der Waals surface area contributed by atoms with Gasteiger partial charge >= 0.3 is 0 Å². The molecule has 0 atom stereocenters. The van der Waals surface area contributed by atoms with Crippen molar-refractivity contribution in [2.24, 2.45) is 0 Å². The Morgan fingerprint density at radius 2 is 2.27 bits per heavy atom. The summed E-state index contributed by atoms with van der Waals surface area (Å²) >= 11 is 2.26. The molecule has 0 bridgehead atoms. The standard InChI is InChI=1S/C9H9IO/c10-9-5-1-3-8(7-9)4-2-6-11/h1-5,7,11H,6H2. The highest BCUT2D eigenvalue weighted by atomic mass is 127. The van der Waals surface area contributed by atoms with E-state index in [1.807, 2.05) is 24.3 Å². The molecule has 0 heterocycles. The second kappa shape index (κ2) is 4.51. The van der Waals surface area contributed by atoms with Crippen LogP contribution in [-0.4, -0.2) is 11.7 Å². The first-order valence-electron chi connectivity index (χ1n) is 3.36. The quantitative estimate of drug-likeness (QED) is 0.809. The summed E-state index contributed by atoms with van der Waals surface area (Å²) in [5.74, 6) is 0. The Hall–Kier alpha value is -0.350. The van der Waals surface area contributed by atoms with Gasteiger partial charge in [-0.1, -0.05) is 24.3 Å². The number of halogens is 1. The molecule has 0 aliphatic rings. The fourth-order valence-corrected chi connectivity index (χ4v) is 1.37. The van der Waals surface area contributed by atoms with Crippen LogP contribution < -0.4 is 0 Å². The highest BCUT2D eigenvalue weighted by Crippen LogP contribution is 2.08. The van der Waals surface area contributed by atoms with Crippen LogP contribution in [0.4, 0.5) is 0 Å². The van der Waals surface area contributed by atoms with Crippen LogP contribution in [-0.2, 0) is 0 Å². The maximum atomic E-state index is 8.51. The van der Waals surface area contributed by atoms with Crippen LogP contribution in [0.1, 0.15) is 5.56 Å². The zero-order chi connectivity index (χ0) is 8.10. The van der Waals surface area contributed by atoms with Crippen LogP contribution in [0, 0.1) is 3.57 Å². The molecule has 0 radical (unpaired) electrons. The van der Waals surface area contributed by atoms with Crippen molar-refractivity contribution >= 4 is 28.7 Å². The van der Waals surface area contributed by atoms with Crippen LogP contribution in [0.5, 0.6) is 0 Å². The molecule has 0 amide bonds. The third-order valence-corrected chi connectivity index (χ3v) is 1.94. The van der Waals surface area contributed by atoms with E-state index in [4.69, 9.17) is 5.11 Å². The van der Waals surface area contributed by atoms with Crippen molar-refractivity contribution in [1.82, 2.24) is 0 Å². The maximum absolute atomic E-state index is 8.51. The summed E-state index contributed by atoms with van der Waals surface area (Å²) in [5.41, 5.74) is 1.13. The molecule has 0 saturated heterocycles. The van der Waals surface area contributed by atoms with E-state index in [2.05, 4.69) is 28.7 Å². The molecule has 1 nitrogen and oxygen atoms in total.